The number of carbonyl (C=O) groups is 1. The predicted octanol–water partition coefficient (Wildman–Crippen LogP) is 2.05. The van der Waals surface area contributed by atoms with Gasteiger partial charge in [-0.05, 0) is 31.9 Å². The second-order valence-corrected chi connectivity index (χ2v) is 6.58. The third-order valence-electron chi connectivity index (χ3n) is 4.27. The first-order valence-corrected chi connectivity index (χ1v) is 8.07. The van der Waals surface area contributed by atoms with Crippen LogP contribution in [0.25, 0.3) is 0 Å². The van der Waals surface area contributed by atoms with Gasteiger partial charge in [-0.25, -0.2) is 0 Å². The first kappa shape index (κ1) is 13.2. The number of nitrogens with two attached hydrogens (primary N) is 1. The van der Waals surface area contributed by atoms with Crippen LogP contribution in [0.2, 0.25) is 0 Å². The lowest BCUT2D eigenvalue weighted by molar-refractivity contribution is -0.127. The van der Waals surface area contributed by atoms with Crippen molar-refractivity contribution in [2.45, 2.75) is 68.2 Å². The molecule has 0 spiro atoms. The topological polar surface area (TPSA) is 55.1 Å². The molecular weight excluding hydrogens is 232 g/mol. The molecule has 2 aliphatic carbocycles. The van der Waals surface area contributed by atoms with Gasteiger partial charge >= 0.3 is 0 Å². The zero-order chi connectivity index (χ0) is 12.3. The van der Waals surface area contributed by atoms with Gasteiger partial charge in [0.15, 0.2) is 0 Å². The van der Waals surface area contributed by atoms with E-state index >= 15 is 0 Å². The molecule has 0 saturated heterocycles. The minimum atomic E-state index is -0.569. The van der Waals surface area contributed by atoms with Crippen LogP contribution in [0.5, 0.6) is 0 Å². The van der Waals surface area contributed by atoms with Crippen molar-refractivity contribution in [3.8, 4) is 0 Å². The first-order valence-electron chi connectivity index (χ1n) is 6.78. The Hall–Kier alpha value is -0.220. The molecular formula is C13H24N2OS. The molecule has 0 aromatic rings. The molecule has 2 atom stereocenters. The monoisotopic (exact) mass is 256 g/mol. The largest absolute Gasteiger partial charge is 0.351 e. The molecule has 2 rings (SSSR count). The molecule has 3 nitrogen and oxygen atoms in total. The van der Waals surface area contributed by atoms with E-state index in [4.69, 9.17) is 5.73 Å². The van der Waals surface area contributed by atoms with Crippen LogP contribution >= 0.6 is 11.8 Å². The molecule has 3 N–H and O–H groups in total. The van der Waals surface area contributed by atoms with Crippen molar-refractivity contribution < 1.29 is 4.79 Å². The molecule has 0 aromatic carbocycles. The van der Waals surface area contributed by atoms with Gasteiger partial charge in [0.1, 0.15) is 0 Å². The summed E-state index contributed by atoms with van der Waals surface area (Å²) in [7, 11) is 0. The summed E-state index contributed by atoms with van der Waals surface area (Å²) in [6.07, 6.45) is 10.9. The Morgan fingerprint density at radius 1 is 1.24 bits per heavy atom. The number of nitrogens with one attached hydrogen (secondary N) is 1. The molecule has 2 fully saturated rings. The van der Waals surface area contributed by atoms with Crippen molar-refractivity contribution >= 4 is 17.7 Å². The van der Waals surface area contributed by atoms with Crippen LogP contribution in [0.15, 0.2) is 0 Å². The molecule has 0 aromatic heterocycles. The molecule has 0 aliphatic heterocycles. The highest BCUT2D eigenvalue weighted by molar-refractivity contribution is 7.99. The van der Waals surface area contributed by atoms with Crippen LogP contribution in [0.4, 0.5) is 0 Å². The van der Waals surface area contributed by atoms with Crippen LogP contribution < -0.4 is 11.1 Å². The molecule has 0 radical (unpaired) electrons. The van der Waals surface area contributed by atoms with Gasteiger partial charge in [-0.1, -0.05) is 25.7 Å². The standard InChI is InChI=1S/C13H24N2OS/c1-17-11-7-3-2-6-10(11)15-12(16)13(14)8-4-5-9-13/h10-11H,2-9,14H2,1H3,(H,15,16). The second-order valence-electron chi connectivity index (χ2n) is 5.50. The van der Waals surface area contributed by atoms with E-state index in [2.05, 4.69) is 11.6 Å². The van der Waals surface area contributed by atoms with Gasteiger partial charge in [0.05, 0.1) is 5.54 Å². The summed E-state index contributed by atoms with van der Waals surface area (Å²) in [6.45, 7) is 0. The Morgan fingerprint density at radius 2 is 1.88 bits per heavy atom. The molecule has 98 valence electrons. The highest BCUT2D eigenvalue weighted by Crippen LogP contribution is 2.30. The van der Waals surface area contributed by atoms with Crippen molar-refractivity contribution in [1.82, 2.24) is 5.32 Å². The van der Waals surface area contributed by atoms with Gasteiger partial charge in [-0.2, -0.15) is 11.8 Å². The maximum atomic E-state index is 12.3. The lowest BCUT2D eigenvalue weighted by Gasteiger charge is -2.33. The van der Waals surface area contributed by atoms with E-state index in [9.17, 15) is 4.79 Å². The summed E-state index contributed by atoms with van der Waals surface area (Å²) >= 11 is 1.88. The van der Waals surface area contributed by atoms with Crippen molar-refractivity contribution in [1.29, 1.82) is 0 Å². The van der Waals surface area contributed by atoms with Crippen LogP contribution in [0.1, 0.15) is 51.4 Å². The molecule has 2 aliphatic rings. The quantitative estimate of drug-likeness (QED) is 0.812. The highest BCUT2D eigenvalue weighted by atomic mass is 32.2. The van der Waals surface area contributed by atoms with Crippen molar-refractivity contribution in [3.05, 3.63) is 0 Å². The fourth-order valence-electron chi connectivity index (χ4n) is 3.09. The fourth-order valence-corrected chi connectivity index (χ4v) is 4.02. The molecule has 0 bridgehead atoms. The number of hydrogen-bond donors (Lipinski definition) is 2. The summed E-state index contributed by atoms with van der Waals surface area (Å²) in [5.41, 5.74) is 5.62. The maximum Gasteiger partial charge on any atom is 0.240 e. The van der Waals surface area contributed by atoms with E-state index in [0.29, 0.717) is 11.3 Å². The average molecular weight is 256 g/mol. The van der Waals surface area contributed by atoms with Crippen LogP contribution in [0.3, 0.4) is 0 Å². The predicted molar refractivity (Wildman–Crippen MR) is 73.1 cm³/mol. The molecule has 2 saturated carbocycles. The van der Waals surface area contributed by atoms with Crippen LogP contribution in [0, 0.1) is 0 Å². The second kappa shape index (κ2) is 5.61. The van der Waals surface area contributed by atoms with Gasteiger partial charge in [0, 0.05) is 11.3 Å². The van der Waals surface area contributed by atoms with Gasteiger partial charge in [0.25, 0.3) is 0 Å². The third-order valence-corrected chi connectivity index (χ3v) is 5.44. The molecule has 2 unspecified atom stereocenters. The summed E-state index contributed by atoms with van der Waals surface area (Å²) in [6, 6.07) is 0.340. The SMILES string of the molecule is CSC1CCCCC1NC(=O)C1(N)CCCC1. The Morgan fingerprint density at radius 3 is 2.53 bits per heavy atom. The summed E-state index contributed by atoms with van der Waals surface area (Å²) in [4.78, 5) is 12.3. The Bertz CT molecular complexity index is 277. The van der Waals surface area contributed by atoms with Gasteiger partial charge in [-0.3, -0.25) is 4.79 Å². The van der Waals surface area contributed by atoms with Crippen molar-refractivity contribution in [2.24, 2.45) is 5.73 Å². The van der Waals surface area contributed by atoms with E-state index in [0.717, 1.165) is 32.1 Å². The van der Waals surface area contributed by atoms with Gasteiger partial charge in [-0.15, -0.1) is 0 Å². The van der Waals surface area contributed by atoms with Crippen molar-refractivity contribution in [3.63, 3.8) is 0 Å². The summed E-state index contributed by atoms with van der Waals surface area (Å²) in [5.74, 6) is 0.0981. The Labute approximate surface area is 108 Å². The molecule has 0 heterocycles. The Balaban J connectivity index is 1.92. The fraction of sp³-hybridized carbons (Fsp3) is 0.923. The number of rotatable bonds is 3. The zero-order valence-corrected chi connectivity index (χ0v) is 11.5. The first-order chi connectivity index (χ1) is 8.15. The smallest absolute Gasteiger partial charge is 0.240 e. The lowest BCUT2D eigenvalue weighted by Crippen LogP contribution is -2.56. The number of amides is 1. The van der Waals surface area contributed by atoms with E-state index in [1.807, 2.05) is 11.8 Å². The molecule has 4 heteroatoms. The molecule has 17 heavy (non-hydrogen) atoms. The Kier molecular flexibility index (Phi) is 4.36. The third kappa shape index (κ3) is 2.97. The normalized spacial score (nSPS) is 32.4. The number of hydrogen-bond acceptors (Lipinski definition) is 3. The zero-order valence-electron chi connectivity index (χ0n) is 10.7. The van der Waals surface area contributed by atoms with E-state index in [-0.39, 0.29) is 5.91 Å². The van der Waals surface area contributed by atoms with E-state index in [1.54, 1.807) is 0 Å². The van der Waals surface area contributed by atoms with Gasteiger partial charge in [0.2, 0.25) is 5.91 Å². The number of carbonyl (C=O) groups excluding carboxylic acids is 1. The highest BCUT2D eigenvalue weighted by Gasteiger charge is 2.39. The van der Waals surface area contributed by atoms with E-state index in [1.165, 1.54) is 19.3 Å². The van der Waals surface area contributed by atoms with Crippen LogP contribution in [-0.4, -0.2) is 29.0 Å². The van der Waals surface area contributed by atoms with Gasteiger partial charge < -0.3 is 11.1 Å². The van der Waals surface area contributed by atoms with E-state index < -0.39 is 5.54 Å². The average Bonchev–Trinajstić information content (AvgIpc) is 2.78. The summed E-state index contributed by atoms with van der Waals surface area (Å²) in [5, 5.41) is 3.80. The maximum absolute atomic E-state index is 12.3. The minimum Gasteiger partial charge on any atom is -0.351 e. The summed E-state index contributed by atoms with van der Waals surface area (Å²) < 4.78 is 0. The van der Waals surface area contributed by atoms with Crippen molar-refractivity contribution in [2.75, 3.05) is 6.26 Å². The lowest BCUT2D eigenvalue weighted by atomic mass is 9.92. The molecule has 1 amide bonds. The van der Waals surface area contributed by atoms with Crippen LogP contribution in [-0.2, 0) is 4.79 Å². The number of thioether (sulfide) groups is 1. The minimum absolute atomic E-state index is 0.0981.